The minimum absolute atomic E-state index is 0.335. The van der Waals surface area contributed by atoms with E-state index in [4.69, 9.17) is 16.7 Å². The quantitative estimate of drug-likeness (QED) is 0.826. The smallest absolute Gasteiger partial charge is 0.187 e. The van der Waals surface area contributed by atoms with E-state index < -0.39 is 17.4 Å². The first-order chi connectivity index (χ1) is 9.56. The van der Waals surface area contributed by atoms with Gasteiger partial charge in [0.25, 0.3) is 0 Å². The van der Waals surface area contributed by atoms with Gasteiger partial charge in [-0.3, -0.25) is 0 Å². The van der Waals surface area contributed by atoms with Gasteiger partial charge in [0, 0.05) is 11.6 Å². The Bertz CT molecular complexity index is 564. The van der Waals surface area contributed by atoms with Crippen LogP contribution in [0.2, 0.25) is 5.02 Å². The molecule has 5 heteroatoms. The van der Waals surface area contributed by atoms with Crippen LogP contribution in [0.5, 0.6) is 5.75 Å². The highest BCUT2D eigenvalue weighted by atomic mass is 35.5. The van der Waals surface area contributed by atoms with Gasteiger partial charge in [-0.05, 0) is 48.4 Å². The Balaban J connectivity index is 1.83. The average molecular weight is 298 g/mol. The molecular formula is C15H14ClF2NO. The summed E-state index contributed by atoms with van der Waals surface area (Å²) >= 11 is 5.79. The van der Waals surface area contributed by atoms with Crippen LogP contribution in [-0.4, -0.2) is 11.7 Å². The molecule has 2 aromatic rings. The summed E-state index contributed by atoms with van der Waals surface area (Å²) in [5.41, 5.74) is 1.58. The van der Waals surface area contributed by atoms with E-state index in [0.29, 0.717) is 23.7 Å². The van der Waals surface area contributed by atoms with Crippen molar-refractivity contribution in [3.05, 3.63) is 64.2 Å². The molecule has 0 amide bonds. The summed E-state index contributed by atoms with van der Waals surface area (Å²) in [5.74, 6) is -2.83. The summed E-state index contributed by atoms with van der Waals surface area (Å²) in [6.45, 7) is 1.01. The van der Waals surface area contributed by atoms with Crippen LogP contribution in [0.4, 0.5) is 8.78 Å². The Morgan fingerprint density at radius 2 is 1.60 bits per heavy atom. The van der Waals surface area contributed by atoms with E-state index in [1.54, 1.807) is 0 Å². The van der Waals surface area contributed by atoms with Gasteiger partial charge in [-0.25, -0.2) is 8.78 Å². The van der Waals surface area contributed by atoms with Crippen LogP contribution >= 0.6 is 11.6 Å². The van der Waals surface area contributed by atoms with E-state index in [0.717, 1.165) is 24.1 Å². The number of halogens is 3. The average Bonchev–Trinajstić information content (AvgIpc) is 2.43. The fraction of sp³-hybridized carbons (Fsp3) is 0.200. The molecule has 0 fully saturated rings. The van der Waals surface area contributed by atoms with Gasteiger partial charge < -0.3 is 10.4 Å². The molecule has 2 rings (SSSR count). The van der Waals surface area contributed by atoms with Gasteiger partial charge in [-0.1, -0.05) is 23.7 Å². The molecule has 0 aliphatic heterocycles. The highest BCUT2D eigenvalue weighted by Gasteiger charge is 2.08. The van der Waals surface area contributed by atoms with Crippen molar-refractivity contribution in [3.8, 4) is 5.75 Å². The molecule has 0 unspecified atom stereocenters. The van der Waals surface area contributed by atoms with E-state index in [1.807, 2.05) is 24.3 Å². The van der Waals surface area contributed by atoms with Crippen molar-refractivity contribution in [1.82, 2.24) is 5.32 Å². The second-order valence-corrected chi connectivity index (χ2v) is 4.90. The molecule has 0 bridgehead atoms. The van der Waals surface area contributed by atoms with Crippen LogP contribution < -0.4 is 5.32 Å². The van der Waals surface area contributed by atoms with Crippen LogP contribution in [0.15, 0.2) is 36.4 Å². The van der Waals surface area contributed by atoms with Crippen molar-refractivity contribution in [2.75, 3.05) is 6.54 Å². The van der Waals surface area contributed by atoms with Crippen molar-refractivity contribution in [3.63, 3.8) is 0 Å². The lowest BCUT2D eigenvalue weighted by Crippen LogP contribution is -2.16. The standard InChI is InChI=1S/C15H14ClF2NO/c16-12-3-1-10(2-4-12)5-6-19-9-11-7-13(17)15(20)14(18)8-11/h1-4,7-8,19-20H,5-6,9H2. The van der Waals surface area contributed by atoms with E-state index in [2.05, 4.69) is 5.32 Å². The van der Waals surface area contributed by atoms with Gasteiger partial charge >= 0.3 is 0 Å². The summed E-state index contributed by atoms with van der Waals surface area (Å²) in [7, 11) is 0. The maximum Gasteiger partial charge on any atom is 0.187 e. The Hall–Kier alpha value is -1.65. The number of hydrogen-bond acceptors (Lipinski definition) is 2. The fourth-order valence-corrected chi connectivity index (χ4v) is 1.96. The van der Waals surface area contributed by atoms with Crippen molar-refractivity contribution >= 4 is 11.6 Å². The van der Waals surface area contributed by atoms with Crippen LogP contribution in [0.3, 0.4) is 0 Å². The summed E-state index contributed by atoms with van der Waals surface area (Å²) in [4.78, 5) is 0. The SMILES string of the molecule is Oc1c(F)cc(CNCCc2ccc(Cl)cc2)cc1F. The van der Waals surface area contributed by atoms with Crippen molar-refractivity contribution in [2.24, 2.45) is 0 Å². The molecule has 2 N–H and O–H groups in total. The predicted molar refractivity (Wildman–Crippen MR) is 74.9 cm³/mol. The normalized spacial score (nSPS) is 10.8. The topological polar surface area (TPSA) is 32.3 Å². The molecule has 0 saturated carbocycles. The molecule has 0 saturated heterocycles. The maximum absolute atomic E-state index is 13.1. The lowest BCUT2D eigenvalue weighted by atomic mass is 10.1. The van der Waals surface area contributed by atoms with Crippen molar-refractivity contribution < 1.29 is 13.9 Å². The first-order valence-corrected chi connectivity index (χ1v) is 6.56. The monoisotopic (exact) mass is 297 g/mol. The number of rotatable bonds is 5. The lowest BCUT2D eigenvalue weighted by Gasteiger charge is -2.07. The van der Waals surface area contributed by atoms with E-state index >= 15 is 0 Å². The van der Waals surface area contributed by atoms with E-state index in [-0.39, 0.29) is 0 Å². The number of benzene rings is 2. The zero-order valence-electron chi connectivity index (χ0n) is 10.7. The zero-order valence-corrected chi connectivity index (χ0v) is 11.4. The number of aromatic hydroxyl groups is 1. The van der Waals surface area contributed by atoms with Crippen molar-refractivity contribution in [1.29, 1.82) is 0 Å². The molecule has 0 radical (unpaired) electrons. The zero-order chi connectivity index (χ0) is 14.5. The number of nitrogens with one attached hydrogen (secondary N) is 1. The minimum Gasteiger partial charge on any atom is -0.503 e. The highest BCUT2D eigenvalue weighted by molar-refractivity contribution is 6.30. The third kappa shape index (κ3) is 3.92. The molecule has 0 heterocycles. The molecule has 0 atom stereocenters. The fourth-order valence-electron chi connectivity index (χ4n) is 1.84. The molecule has 0 aliphatic carbocycles. The first kappa shape index (κ1) is 14.8. The number of phenols is 1. The molecule has 0 aromatic heterocycles. The molecule has 2 nitrogen and oxygen atoms in total. The molecule has 106 valence electrons. The number of phenolic OH excluding ortho intramolecular Hbond substituents is 1. The van der Waals surface area contributed by atoms with Gasteiger partial charge in [0.2, 0.25) is 0 Å². The van der Waals surface area contributed by atoms with Gasteiger partial charge in [-0.15, -0.1) is 0 Å². The molecule has 0 spiro atoms. The molecular weight excluding hydrogens is 284 g/mol. The van der Waals surface area contributed by atoms with Gasteiger partial charge in [0.1, 0.15) is 0 Å². The Morgan fingerprint density at radius 1 is 1.00 bits per heavy atom. The molecule has 20 heavy (non-hydrogen) atoms. The predicted octanol–water partition coefficient (Wildman–Crippen LogP) is 3.66. The van der Waals surface area contributed by atoms with E-state index in [9.17, 15) is 8.78 Å². The second kappa shape index (κ2) is 6.68. The summed E-state index contributed by atoms with van der Waals surface area (Å²) < 4.78 is 26.2. The van der Waals surface area contributed by atoms with Crippen LogP contribution in [-0.2, 0) is 13.0 Å². The summed E-state index contributed by atoms with van der Waals surface area (Å²) in [5, 5.41) is 12.8. The third-order valence-electron chi connectivity index (χ3n) is 2.91. The first-order valence-electron chi connectivity index (χ1n) is 6.18. The highest BCUT2D eigenvalue weighted by Crippen LogP contribution is 2.21. The Labute approximate surface area is 121 Å². The lowest BCUT2D eigenvalue weighted by molar-refractivity contribution is 0.395. The van der Waals surface area contributed by atoms with Crippen LogP contribution in [0.25, 0.3) is 0 Å². The summed E-state index contributed by atoms with van der Waals surface area (Å²) in [6.07, 6.45) is 0.792. The van der Waals surface area contributed by atoms with Gasteiger partial charge in [0.05, 0.1) is 0 Å². The maximum atomic E-state index is 13.1. The molecule has 2 aromatic carbocycles. The largest absolute Gasteiger partial charge is 0.503 e. The van der Waals surface area contributed by atoms with Crippen molar-refractivity contribution in [2.45, 2.75) is 13.0 Å². The second-order valence-electron chi connectivity index (χ2n) is 4.46. The van der Waals surface area contributed by atoms with Crippen LogP contribution in [0.1, 0.15) is 11.1 Å². The summed E-state index contributed by atoms with van der Waals surface area (Å²) in [6, 6.07) is 9.75. The van der Waals surface area contributed by atoms with Gasteiger partial charge in [-0.2, -0.15) is 0 Å². The van der Waals surface area contributed by atoms with Crippen LogP contribution in [0, 0.1) is 11.6 Å². The van der Waals surface area contributed by atoms with E-state index in [1.165, 1.54) is 0 Å². The third-order valence-corrected chi connectivity index (χ3v) is 3.16. The van der Waals surface area contributed by atoms with Gasteiger partial charge in [0.15, 0.2) is 17.4 Å². The minimum atomic E-state index is -0.945. The Morgan fingerprint density at radius 3 is 2.20 bits per heavy atom. The number of hydrogen-bond donors (Lipinski definition) is 2. The Kier molecular flexibility index (Phi) is 4.93. The molecule has 0 aliphatic rings.